The molecule has 1 aromatic carbocycles. The molecule has 1 aromatic heterocycles. The zero-order valence-electron chi connectivity index (χ0n) is 9.91. The van der Waals surface area contributed by atoms with Gasteiger partial charge in [0.2, 0.25) is 0 Å². The number of aromatic nitrogens is 2. The highest BCUT2D eigenvalue weighted by molar-refractivity contribution is 5.71. The fourth-order valence-electron chi connectivity index (χ4n) is 2.10. The number of nitrogens with one attached hydrogen (secondary N) is 1. The van der Waals surface area contributed by atoms with Gasteiger partial charge in [-0.15, -0.1) is 0 Å². The number of hydrogen-bond acceptors (Lipinski definition) is 0. The summed E-state index contributed by atoms with van der Waals surface area (Å²) in [6, 6.07) is 8.99. The first-order chi connectivity index (χ1) is 7.11. The van der Waals surface area contributed by atoms with Crippen molar-refractivity contribution in [3.05, 3.63) is 30.1 Å². The van der Waals surface area contributed by atoms with Gasteiger partial charge in [-0.2, -0.15) is 0 Å². The van der Waals surface area contributed by atoms with Gasteiger partial charge in [0.05, 0.1) is 12.0 Å². The van der Waals surface area contributed by atoms with Crippen molar-refractivity contribution in [2.75, 3.05) is 0 Å². The van der Waals surface area contributed by atoms with E-state index in [1.807, 2.05) is 0 Å². The maximum absolute atomic E-state index is 3.51. The highest BCUT2D eigenvalue weighted by atomic mass is 15.1. The van der Waals surface area contributed by atoms with Gasteiger partial charge in [-0.05, 0) is 26.0 Å². The van der Waals surface area contributed by atoms with Gasteiger partial charge in [0, 0.05) is 0 Å². The number of hydrogen-bond donors (Lipinski definition) is 1. The van der Waals surface area contributed by atoms with Gasteiger partial charge in [-0.3, -0.25) is 0 Å². The number of imidazole rings is 1. The summed E-state index contributed by atoms with van der Waals surface area (Å²) in [5.74, 6) is 1.84. The lowest BCUT2D eigenvalue weighted by atomic mass is 10.2. The number of fused-ring (bicyclic) bond motifs is 1. The molecule has 2 nitrogen and oxygen atoms in total. The fraction of sp³-hybridized carbons (Fsp3) is 0.462. The summed E-state index contributed by atoms with van der Waals surface area (Å²) in [7, 11) is 0. The van der Waals surface area contributed by atoms with Crippen molar-refractivity contribution in [1.82, 2.24) is 4.98 Å². The molecule has 1 N–H and O–H groups in total. The molecule has 1 heterocycles. The smallest absolute Gasteiger partial charge is 0.241 e. The second kappa shape index (κ2) is 3.69. The Morgan fingerprint density at radius 1 is 1.07 bits per heavy atom. The van der Waals surface area contributed by atoms with E-state index >= 15 is 0 Å². The lowest BCUT2D eigenvalue weighted by Crippen LogP contribution is -2.39. The largest absolute Gasteiger partial charge is 0.257 e. The van der Waals surface area contributed by atoms with E-state index in [-0.39, 0.29) is 0 Å². The third kappa shape index (κ3) is 1.65. The zero-order valence-corrected chi connectivity index (χ0v) is 9.91. The Balaban J connectivity index is 2.75. The van der Waals surface area contributed by atoms with Crippen molar-refractivity contribution in [2.45, 2.75) is 39.7 Å². The van der Waals surface area contributed by atoms with E-state index in [0.29, 0.717) is 12.0 Å². The number of H-pyrrole nitrogens is 1. The summed E-state index contributed by atoms with van der Waals surface area (Å²) >= 11 is 0. The summed E-state index contributed by atoms with van der Waals surface area (Å²) < 4.78 is 2.39. The minimum Gasteiger partial charge on any atom is -0.241 e. The molecule has 0 radical (unpaired) electrons. The van der Waals surface area contributed by atoms with Crippen LogP contribution in [0.2, 0.25) is 0 Å². The maximum Gasteiger partial charge on any atom is 0.257 e. The predicted octanol–water partition coefficient (Wildman–Crippen LogP) is 3.16. The van der Waals surface area contributed by atoms with Crippen LogP contribution in [0.5, 0.6) is 0 Å². The molecule has 0 amide bonds. The van der Waals surface area contributed by atoms with Crippen molar-refractivity contribution >= 4 is 11.0 Å². The van der Waals surface area contributed by atoms with E-state index in [1.54, 1.807) is 0 Å². The second-order valence-corrected chi connectivity index (χ2v) is 4.65. The molecule has 80 valence electrons. The van der Waals surface area contributed by atoms with Gasteiger partial charge in [-0.25, -0.2) is 9.55 Å². The van der Waals surface area contributed by atoms with Crippen LogP contribution in [0.25, 0.3) is 11.0 Å². The lowest BCUT2D eigenvalue weighted by Gasteiger charge is -2.07. The molecule has 0 aliphatic heterocycles. The molecule has 2 heteroatoms. The molecule has 0 spiro atoms. The molecule has 15 heavy (non-hydrogen) atoms. The van der Waals surface area contributed by atoms with Crippen molar-refractivity contribution < 1.29 is 4.57 Å². The number of rotatable bonds is 2. The van der Waals surface area contributed by atoms with Gasteiger partial charge >= 0.3 is 0 Å². The molecule has 2 rings (SSSR count). The molecule has 0 fully saturated rings. The van der Waals surface area contributed by atoms with Crippen LogP contribution in [-0.4, -0.2) is 4.98 Å². The van der Waals surface area contributed by atoms with Crippen molar-refractivity contribution in [2.24, 2.45) is 0 Å². The SMILES string of the molecule is CC(C)c1[nH]c2ccccc2[n+]1C(C)C. The monoisotopic (exact) mass is 203 g/mol. The third-order valence-corrected chi connectivity index (χ3v) is 2.75. The van der Waals surface area contributed by atoms with E-state index in [9.17, 15) is 0 Å². The van der Waals surface area contributed by atoms with Gasteiger partial charge in [0.25, 0.3) is 5.82 Å². The summed E-state index contributed by atoms with van der Waals surface area (Å²) in [5.41, 5.74) is 2.53. The molecule has 0 unspecified atom stereocenters. The summed E-state index contributed by atoms with van der Waals surface area (Å²) in [4.78, 5) is 3.51. The summed E-state index contributed by atoms with van der Waals surface area (Å²) in [5, 5.41) is 0. The molecule has 2 aromatic rings. The maximum atomic E-state index is 3.51. The highest BCUT2D eigenvalue weighted by Crippen LogP contribution is 2.17. The molecule has 0 bridgehead atoms. The summed E-state index contributed by atoms with van der Waals surface area (Å²) in [6.07, 6.45) is 0. The standard InChI is InChI=1S/C13H18N2/c1-9(2)13-14-11-7-5-6-8-12(11)15(13)10(3)4/h5-10H,1-4H3/p+1. The first-order valence-corrected chi connectivity index (χ1v) is 5.63. The van der Waals surface area contributed by atoms with Crippen LogP contribution in [0, 0.1) is 0 Å². The molecule has 0 saturated heterocycles. The van der Waals surface area contributed by atoms with Gasteiger partial charge in [-0.1, -0.05) is 26.0 Å². The Labute approximate surface area is 90.9 Å². The number of benzene rings is 1. The average molecular weight is 203 g/mol. The van der Waals surface area contributed by atoms with E-state index in [4.69, 9.17) is 0 Å². The van der Waals surface area contributed by atoms with Crippen LogP contribution >= 0.6 is 0 Å². The minimum absolute atomic E-state index is 0.499. The first-order valence-electron chi connectivity index (χ1n) is 5.63. The van der Waals surface area contributed by atoms with Gasteiger partial charge < -0.3 is 0 Å². The van der Waals surface area contributed by atoms with Crippen LogP contribution in [0.4, 0.5) is 0 Å². The Kier molecular flexibility index (Phi) is 2.51. The Bertz CT molecular complexity index is 466. The van der Waals surface area contributed by atoms with E-state index in [2.05, 4.69) is 61.5 Å². The number of aromatic amines is 1. The van der Waals surface area contributed by atoms with Crippen LogP contribution in [0.1, 0.15) is 45.5 Å². The second-order valence-electron chi connectivity index (χ2n) is 4.65. The van der Waals surface area contributed by atoms with Crippen LogP contribution in [0.15, 0.2) is 24.3 Å². The highest BCUT2D eigenvalue weighted by Gasteiger charge is 2.22. The van der Waals surface area contributed by atoms with Crippen molar-refractivity contribution in [3.63, 3.8) is 0 Å². The fourth-order valence-corrected chi connectivity index (χ4v) is 2.10. The molecule has 0 aliphatic carbocycles. The van der Waals surface area contributed by atoms with E-state index in [0.717, 1.165) is 0 Å². The molecular formula is C13H19N2+. The van der Waals surface area contributed by atoms with Crippen molar-refractivity contribution in [1.29, 1.82) is 0 Å². The van der Waals surface area contributed by atoms with Crippen LogP contribution in [0.3, 0.4) is 0 Å². The first kappa shape index (κ1) is 10.2. The van der Waals surface area contributed by atoms with Crippen LogP contribution < -0.4 is 4.57 Å². The Morgan fingerprint density at radius 2 is 1.73 bits per heavy atom. The zero-order chi connectivity index (χ0) is 11.0. The lowest BCUT2D eigenvalue weighted by molar-refractivity contribution is -0.699. The molecule has 0 atom stereocenters. The Morgan fingerprint density at radius 3 is 2.33 bits per heavy atom. The van der Waals surface area contributed by atoms with E-state index in [1.165, 1.54) is 16.9 Å². The summed E-state index contributed by atoms with van der Waals surface area (Å²) in [6.45, 7) is 8.91. The van der Waals surface area contributed by atoms with E-state index < -0.39 is 0 Å². The normalized spacial score (nSPS) is 11.9. The van der Waals surface area contributed by atoms with Crippen molar-refractivity contribution in [3.8, 4) is 0 Å². The van der Waals surface area contributed by atoms with Gasteiger partial charge in [0.1, 0.15) is 0 Å². The molecule has 0 saturated carbocycles. The van der Waals surface area contributed by atoms with Gasteiger partial charge in [0.15, 0.2) is 11.0 Å². The average Bonchev–Trinajstić information content (AvgIpc) is 2.56. The molecular weight excluding hydrogens is 184 g/mol. The number of nitrogens with zero attached hydrogens (tertiary/aromatic N) is 1. The minimum atomic E-state index is 0.499. The Hall–Kier alpha value is -1.31. The third-order valence-electron chi connectivity index (χ3n) is 2.75. The quantitative estimate of drug-likeness (QED) is 0.723. The molecule has 0 aliphatic rings. The topological polar surface area (TPSA) is 19.7 Å². The predicted molar refractivity (Wildman–Crippen MR) is 63.0 cm³/mol. The van der Waals surface area contributed by atoms with Crippen LogP contribution in [-0.2, 0) is 0 Å². The number of para-hydroxylation sites is 2.